The lowest BCUT2D eigenvalue weighted by Gasteiger charge is -2.18. The predicted octanol–water partition coefficient (Wildman–Crippen LogP) is 2.62. The van der Waals surface area contributed by atoms with Crippen LogP contribution in [0.1, 0.15) is 39.2 Å². The molecule has 0 bridgehead atoms. The molecule has 0 fully saturated rings. The molecule has 11 heteroatoms. The van der Waals surface area contributed by atoms with E-state index in [9.17, 15) is 27.5 Å². The number of carbonyl (C=O) groups excluding carboxylic acids is 2. The van der Waals surface area contributed by atoms with Gasteiger partial charge in [0.2, 0.25) is 5.91 Å². The van der Waals surface area contributed by atoms with Crippen molar-refractivity contribution in [1.82, 2.24) is 15.4 Å². The largest absolute Gasteiger partial charge is 0.384 e. The van der Waals surface area contributed by atoms with E-state index in [1.165, 1.54) is 30.3 Å². The number of aliphatic hydroxyl groups excluding tert-OH is 1. The third kappa shape index (κ3) is 8.88. The Morgan fingerprint density at radius 3 is 2.42 bits per heavy atom. The van der Waals surface area contributed by atoms with Gasteiger partial charge in [-0.25, -0.2) is 17.5 Å². The van der Waals surface area contributed by atoms with E-state index < -0.39 is 27.9 Å². The first kappa shape index (κ1) is 29.8. The van der Waals surface area contributed by atoms with Crippen LogP contribution in [0.25, 0.3) is 11.1 Å². The second kappa shape index (κ2) is 13.7. The average molecular weight is 540 g/mol. The Balaban J connectivity index is 2.04. The molecule has 36 heavy (non-hydrogen) atoms. The van der Waals surface area contributed by atoms with Crippen molar-refractivity contribution in [1.29, 1.82) is 0 Å². The molecule has 0 aromatic heterocycles. The van der Waals surface area contributed by atoms with Gasteiger partial charge in [-0.2, -0.15) is 12.6 Å². The monoisotopic (exact) mass is 539 g/mol. The third-order valence-electron chi connectivity index (χ3n) is 5.34. The SMILES string of the molecule is CC(C)C[C@H](CS)NC(=O)CCNCc1ccc(-c2ccccc2S(=O)(=O)NC(=O)[C@H](C)O)cc1F. The molecule has 0 heterocycles. The molecule has 2 amide bonds. The topological polar surface area (TPSA) is 125 Å². The lowest BCUT2D eigenvalue weighted by molar-refractivity contribution is -0.126. The molecule has 0 aliphatic heterocycles. The van der Waals surface area contributed by atoms with E-state index in [0.717, 1.165) is 13.3 Å². The molecule has 198 valence electrons. The molecule has 0 aliphatic carbocycles. The highest BCUT2D eigenvalue weighted by molar-refractivity contribution is 7.90. The number of nitrogens with one attached hydrogen (secondary N) is 3. The van der Waals surface area contributed by atoms with Crippen LogP contribution in [0.15, 0.2) is 47.4 Å². The Hall–Kier alpha value is -2.47. The van der Waals surface area contributed by atoms with Gasteiger partial charge in [-0.3, -0.25) is 9.59 Å². The molecule has 0 spiro atoms. The smallest absolute Gasteiger partial charge is 0.264 e. The molecule has 0 saturated carbocycles. The summed E-state index contributed by atoms with van der Waals surface area (Å²) in [5, 5.41) is 15.3. The van der Waals surface area contributed by atoms with Crippen molar-refractivity contribution in [2.24, 2.45) is 5.92 Å². The minimum Gasteiger partial charge on any atom is -0.384 e. The Bertz CT molecular complexity index is 1160. The Labute approximate surface area is 217 Å². The molecular formula is C25H34FN3O5S2. The van der Waals surface area contributed by atoms with E-state index >= 15 is 0 Å². The van der Waals surface area contributed by atoms with Crippen LogP contribution in [0.2, 0.25) is 0 Å². The van der Waals surface area contributed by atoms with Crippen LogP contribution in [0.3, 0.4) is 0 Å². The summed E-state index contributed by atoms with van der Waals surface area (Å²) in [4.78, 5) is 23.6. The van der Waals surface area contributed by atoms with Gasteiger partial charge in [0, 0.05) is 42.4 Å². The number of amides is 2. The molecule has 0 saturated heterocycles. The molecular weight excluding hydrogens is 505 g/mol. The first-order valence-electron chi connectivity index (χ1n) is 11.7. The maximum Gasteiger partial charge on any atom is 0.264 e. The fraction of sp³-hybridized carbons (Fsp3) is 0.440. The van der Waals surface area contributed by atoms with E-state index in [1.807, 2.05) is 4.72 Å². The van der Waals surface area contributed by atoms with E-state index in [4.69, 9.17) is 0 Å². The van der Waals surface area contributed by atoms with Crippen LogP contribution < -0.4 is 15.4 Å². The molecule has 2 atom stereocenters. The molecule has 2 aromatic carbocycles. The minimum atomic E-state index is -4.29. The van der Waals surface area contributed by atoms with Gasteiger partial charge in [0.15, 0.2) is 0 Å². The zero-order chi connectivity index (χ0) is 26.9. The fourth-order valence-corrected chi connectivity index (χ4v) is 5.06. The lowest BCUT2D eigenvalue weighted by Crippen LogP contribution is -2.38. The molecule has 8 nitrogen and oxygen atoms in total. The second-order valence-corrected chi connectivity index (χ2v) is 11.0. The summed E-state index contributed by atoms with van der Waals surface area (Å²) in [7, 11) is -4.29. The van der Waals surface area contributed by atoms with Crippen LogP contribution in [0, 0.1) is 11.7 Å². The Kier molecular flexibility index (Phi) is 11.4. The second-order valence-electron chi connectivity index (χ2n) is 8.95. The van der Waals surface area contributed by atoms with Gasteiger partial charge < -0.3 is 15.7 Å². The van der Waals surface area contributed by atoms with Crippen LogP contribution in [0.4, 0.5) is 4.39 Å². The van der Waals surface area contributed by atoms with Crippen LogP contribution in [0.5, 0.6) is 0 Å². The standard InChI is InChI=1S/C25H34FN3O5S2/c1-16(2)12-20(15-35)28-24(31)10-11-27-14-19-9-8-18(13-22(19)26)21-6-4-5-7-23(21)36(33,34)29-25(32)17(3)30/h4-9,13,16-17,20,27,30,35H,10-12,14-15H2,1-3H3,(H,28,31)(H,29,32)/t17-,20+/m0/s1. The molecule has 4 N–H and O–H groups in total. The summed E-state index contributed by atoms with van der Waals surface area (Å²) in [6.07, 6.45) is -0.421. The van der Waals surface area contributed by atoms with E-state index in [1.54, 1.807) is 12.1 Å². The predicted molar refractivity (Wildman–Crippen MR) is 140 cm³/mol. The Morgan fingerprint density at radius 2 is 1.81 bits per heavy atom. The summed E-state index contributed by atoms with van der Waals surface area (Å²) in [5.41, 5.74) is 0.873. The van der Waals surface area contributed by atoms with Crippen LogP contribution in [-0.2, 0) is 26.2 Å². The highest BCUT2D eigenvalue weighted by atomic mass is 32.2. The molecule has 0 radical (unpaired) electrons. The number of hydrogen-bond acceptors (Lipinski definition) is 7. The van der Waals surface area contributed by atoms with E-state index in [-0.39, 0.29) is 35.4 Å². The van der Waals surface area contributed by atoms with Gasteiger partial charge in [-0.05, 0) is 37.0 Å². The number of carbonyl (C=O) groups is 2. The van der Waals surface area contributed by atoms with Crippen molar-refractivity contribution >= 4 is 34.5 Å². The highest BCUT2D eigenvalue weighted by Gasteiger charge is 2.24. The molecule has 2 rings (SSSR count). The number of hydrogen-bond donors (Lipinski definition) is 5. The van der Waals surface area contributed by atoms with Gasteiger partial charge >= 0.3 is 0 Å². The first-order valence-corrected chi connectivity index (χ1v) is 13.8. The van der Waals surface area contributed by atoms with Crippen molar-refractivity contribution in [2.75, 3.05) is 12.3 Å². The zero-order valence-electron chi connectivity index (χ0n) is 20.6. The molecule has 0 aliphatic rings. The van der Waals surface area contributed by atoms with Crippen LogP contribution >= 0.6 is 12.6 Å². The van der Waals surface area contributed by atoms with Gasteiger partial charge in [-0.15, -0.1) is 0 Å². The quantitative estimate of drug-likeness (QED) is 0.197. The number of aliphatic hydroxyl groups is 1. The Morgan fingerprint density at radius 1 is 1.11 bits per heavy atom. The average Bonchev–Trinajstić information content (AvgIpc) is 2.81. The summed E-state index contributed by atoms with van der Waals surface area (Å²) in [6, 6.07) is 10.2. The van der Waals surface area contributed by atoms with Crippen molar-refractivity contribution in [2.45, 2.75) is 57.2 Å². The lowest BCUT2D eigenvalue weighted by atomic mass is 10.0. The van der Waals surface area contributed by atoms with Crippen molar-refractivity contribution in [3.05, 3.63) is 53.8 Å². The van der Waals surface area contributed by atoms with E-state index in [0.29, 0.717) is 29.3 Å². The normalized spacial score (nSPS) is 13.3. The van der Waals surface area contributed by atoms with Gasteiger partial charge in [0.1, 0.15) is 11.9 Å². The summed E-state index contributed by atoms with van der Waals surface area (Å²) < 4.78 is 42.0. The van der Waals surface area contributed by atoms with Crippen molar-refractivity contribution < 1.29 is 27.5 Å². The fourth-order valence-electron chi connectivity index (χ4n) is 3.54. The highest BCUT2D eigenvalue weighted by Crippen LogP contribution is 2.28. The number of benzene rings is 2. The minimum absolute atomic E-state index is 0.0119. The van der Waals surface area contributed by atoms with Gasteiger partial charge in [0.25, 0.3) is 15.9 Å². The zero-order valence-corrected chi connectivity index (χ0v) is 22.3. The summed E-state index contributed by atoms with van der Waals surface area (Å²) in [5.74, 6) is -0.698. The van der Waals surface area contributed by atoms with Crippen LogP contribution in [-0.4, -0.2) is 49.8 Å². The van der Waals surface area contributed by atoms with Crippen molar-refractivity contribution in [3.63, 3.8) is 0 Å². The van der Waals surface area contributed by atoms with Gasteiger partial charge in [-0.1, -0.05) is 44.2 Å². The first-order chi connectivity index (χ1) is 16.9. The summed E-state index contributed by atoms with van der Waals surface area (Å²) >= 11 is 4.28. The number of sulfonamides is 1. The van der Waals surface area contributed by atoms with Crippen molar-refractivity contribution in [3.8, 4) is 11.1 Å². The maximum absolute atomic E-state index is 14.8. The molecule has 0 unspecified atom stereocenters. The van der Waals surface area contributed by atoms with E-state index in [2.05, 4.69) is 37.1 Å². The number of halogens is 1. The van der Waals surface area contributed by atoms with Gasteiger partial charge in [0.05, 0.1) is 4.90 Å². The number of rotatable bonds is 13. The summed E-state index contributed by atoms with van der Waals surface area (Å²) in [6.45, 7) is 5.86. The third-order valence-corrected chi connectivity index (χ3v) is 7.19. The number of thiol groups is 1. The molecule has 2 aromatic rings. The maximum atomic E-state index is 14.8.